The maximum Gasteiger partial charge on any atom is 0.305 e. The van der Waals surface area contributed by atoms with Gasteiger partial charge in [-0.1, -0.05) is 55.5 Å². The van der Waals surface area contributed by atoms with Crippen molar-refractivity contribution in [3.8, 4) is 5.75 Å². The molecule has 0 amide bonds. The zero-order valence-electron chi connectivity index (χ0n) is 21.2. The Morgan fingerprint density at radius 1 is 1.11 bits per heavy atom. The summed E-state index contributed by atoms with van der Waals surface area (Å²) in [5.74, 6) is 0.686. The van der Waals surface area contributed by atoms with Crippen LogP contribution in [0.25, 0.3) is 10.2 Å². The molecule has 2 aromatic carbocycles. The van der Waals surface area contributed by atoms with E-state index in [4.69, 9.17) is 4.74 Å². The predicted octanol–water partition coefficient (Wildman–Crippen LogP) is 4.04. The third-order valence-electron chi connectivity index (χ3n) is 6.40. The van der Waals surface area contributed by atoms with Crippen LogP contribution in [0, 0.1) is 5.92 Å². The van der Waals surface area contributed by atoms with Gasteiger partial charge in [0.25, 0.3) is 0 Å². The lowest BCUT2D eigenvalue weighted by molar-refractivity contribution is -0.0202. The molecule has 0 bridgehead atoms. The standard InChI is InChI=1S/C27H39N3O4S/c1-18(2)11-14-30(19(3)34-4)15-12-21-7-5-6-20(16-21)10-13-28-17-24(32)22-8-9-23(31)25-26(22)35-27(33)29-25/h5-9,16,18-19,24,28,31-32H,10-15,17H2,1-4H3,(H,29,33)/t19-,24-/m0/s1. The van der Waals surface area contributed by atoms with E-state index in [-0.39, 0.29) is 16.9 Å². The minimum Gasteiger partial charge on any atom is -0.506 e. The fraction of sp³-hybridized carbons (Fsp3) is 0.519. The molecule has 1 aromatic heterocycles. The Hall–Kier alpha value is -2.23. The van der Waals surface area contributed by atoms with E-state index in [1.54, 1.807) is 13.2 Å². The van der Waals surface area contributed by atoms with E-state index in [2.05, 4.69) is 60.2 Å². The van der Waals surface area contributed by atoms with Crippen LogP contribution in [-0.2, 0) is 17.6 Å². The lowest BCUT2D eigenvalue weighted by Gasteiger charge is -2.28. The Labute approximate surface area is 211 Å². The average molecular weight is 502 g/mol. The number of aromatic hydroxyl groups is 1. The minimum absolute atomic E-state index is 0.0156. The van der Waals surface area contributed by atoms with Gasteiger partial charge in [-0.25, -0.2) is 0 Å². The zero-order chi connectivity index (χ0) is 25.4. The summed E-state index contributed by atoms with van der Waals surface area (Å²) in [5.41, 5.74) is 3.60. The Morgan fingerprint density at radius 3 is 2.57 bits per heavy atom. The van der Waals surface area contributed by atoms with Gasteiger partial charge in [0.15, 0.2) is 0 Å². The molecule has 0 aliphatic carbocycles. The van der Waals surface area contributed by atoms with Gasteiger partial charge in [0.05, 0.1) is 10.8 Å². The number of thiazole rings is 1. The lowest BCUT2D eigenvalue weighted by atomic mass is 10.0. The maximum atomic E-state index is 11.7. The number of aliphatic hydroxyl groups excluding tert-OH is 1. The molecule has 4 N–H and O–H groups in total. The number of fused-ring (bicyclic) bond motifs is 1. The normalized spacial score (nSPS) is 13.7. The van der Waals surface area contributed by atoms with E-state index in [9.17, 15) is 15.0 Å². The molecule has 3 aromatic rings. The highest BCUT2D eigenvalue weighted by atomic mass is 32.1. The molecule has 7 nitrogen and oxygen atoms in total. The molecule has 0 radical (unpaired) electrons. The first-order valence-electron chi connectivity index (χ1n) is 12.4. The number of aromatic nitrogens is 1. The Kier molecular flexibility index (Phi) is 10.3. The topological polar surface area (TPSA) is 97.8 Å². The number of H-pyrrole nitrogens is 1. The summed E-state index contributed by atoms with van der Waals surface area (Å²) < 4.78 is 6.17. The summed E-state index contributed by atoms with van der Waals surface area (Å²) in [6.45, 7) is 9.70. The second-order valence-electron chi connectivity index (χ2n) is 9.49. The number of hydrogen-bond donors (Lipinski definition) is 4. The number of methoxy groups -OCH3 is 1. The third-order valence-corrected chi connectivity index (χ3v) is 7.33. The third kappa shape index (κ3) is 7.88. The van der Waals surface area contributed by atoms with Gasteiger partial charge in [0, 0.05) is 32.3 Å². The molecule has 0 aliphatic rings. The average Bonchev–Trinajstić information content (AvgIpc) is 3.24. The van der Waals surface area contributed by atoms with Crippen molar-refractivity contribution in [3.05, 3.63) is 62.8 Å². The number of nitrogens with zero attached hydrogens (tertiary/aromatic N) is 1. The van der Waals surface area contributed by atoms with Crippen molar-refractivity contribution in [2.75, 3.05) is 33.3 Å². The van der Waals surface area contributed by atoms with Crippen LogP contribution in [0.5, 0.6) is 5.75 Å². The number of benzene rings is 2. The first kappa shape index (κ1) is 27.4. The molecule has 0 unspecified atom stereocenters. The van der Waals surface area contributed by atoms with Gasteiger partial charge in [0.2, 0.25) is 0 Å². The highest BCUT2D eigenvalue weighted by Gasteiger charge is 2.16. The van der Waals surface area contributed by atoms with Gasteiger partial charge in [-0.2, -0.15) is 0 Å². The molecular formula is C27H39N3O4S. The first-order chi connectivity index (χ1) is 16.8. The summed E-state index contributed by atoms with van der Waals surface area (Å²) in [5, 5.41) is 23.9. The van der Waals surface area contributed by atoms with E-state index >= 15 is 0 Å². The summed E-state index contributed by atoms with van der Waals surface area (Å²) in [6, 6.07) is 11.9. The molecule has 1 heterocycles. The largest absolute Gasteiger partial charge is 0.506 e. The number of aliphatic hydroxyl groups is 1. The van der Waals surface area contributed by atoms with E-state index in [0.29, 0.717) is 28.2 Å². The summed E-state index contributed by atoms with van der Waals surface area (Å²) in [6.07, 6.45) is 2.32. The summed E-state index contributed by atoms with van der Waals surface area (Å²) in [4.78, 5) is 16.5. The van der Waals surface area contributed by atoms with Crippen LogP contribution in [0.2, 0.25) is 0 Å². The zero-order valence-corrected chi connectivity index (χ0v) is 22.0. The van der Waals surface area contributed by atoms with Crippen LogP contribution in [0.3, 0.4) is 0 Å². The maximum absolute atomic E-state index is 11.7. The smallest absolute Gasteiger partial charge is 0.305 e. The fourth-order valence-electron chi connectivity index (χ4n) is 4.15. The van der Waals surface area contributed by atoms with Crippen molar-refractivity contribution < 1.29 is 14.9 Å². The Balaban J connectivity index is 1.49. The fourth-order valence-corrected chi connectivity index (χ4v) is 5.06. The van der Waals surface area contributed by atoms with E-state index in [1.807, 2.05) is 0 Å². The number of nitrogens with one attached hydrogen (secondary N) is 2. The van der Waals surface area contributed by atoms with E-state index in [0.717, 1.165) is 50.2 Å². The first-order valence-corrected chi connectivity index (χ1v) is 13.2. The second-order valence-corrected chi connectivity index (χ2v) is 10.5. The number of rotatable bonds is 14. The van der Waals surface area contributed by atoms with Crippen LogP contribution >= 0.6 is 11.3 Å². The Morgan fingerprint density at radius 2 is 1.86 bits per heavy atom. The number of phenols is 1. The van der Waals surface area contributed by atoms with Gasteiger partial charge >= 0.3 is 4.87 Å². The van der Waals surface area contributed by atoms with Crippen molar-refractivity contribution in [2.24, 2.45) is 5.92 Å². The van der Waals surface area contributed by atoms with Crippen LogP contribution in [0.1, 0.15) is 50.0 Å². The SMILES string of the molecule is CO[C@@H](C)N(CCc1cccc(CCNC[C@H](O)c2ccc(O)c3[nH]c(=O)sc23)c1)CCC(C)C. The number of aromatic amines is 1. The summed E-state index contributed by atoms with van der Waals surface area (Å²) in [7, 11) is 1.77. The molecule has 0 spiro atoms. The second kappa shape index (κ2) is 13.2. The number of phenolic OH excluding ortho intramolecular Hbond substituents is 1. The van der Waals surface area contributed by atoms with Gasteiger partial charge in [0.1, 0.15) is 17.5 Å². The highest BCUT2D eigenvalue weighted by molar-refractivity contribution is 7.16. The van der Waals surface area contributed by atoms with Gasteiger partial charge in [-0.15, -0.1) is 0 Å². The van der Waals surface area contributed by atoms with E-state index in [1.165, 1.54) is 17.2 Å². The minimum atomic E-state index is -0.768. The van der Waals surface area contributed by atoms with Crippen LogP contribution in [-0.4, -0.2) is 59.6 Å². The summed E-state index contributed by atoms with van der Waals surface area (Å²) >= 11 is 1.00. The van der Waals surface area contributed by atoms with Gasteiger partial charge in [-0.05, 0) is 55.8 Å². The van der Waals surface area contributed by atoms with Gasteiger partial charge in [-0.3, -0.25) is 9.69 Å². The van der Waals surface area contributed by atoms with Crippen molar-refractivity contribution in [1.82, 2.24) is 15.2 Å². The van der Waals surface area contributed by atoms with Crippen molar-refractivity contribution >= 4 is 21.6 Å². The monoisotopic (exact) mass is 501 g/mol. The van der Waals surface area contributed by atoms with Crippen LogP contribution < -0.4 is 10.2 Å². The molecule has 0 aliphatic heterocycles. The Bertz CT molecular complexity index is 1130. The van der Waals surface area contributed by atoms with Crippen LogP contribution in [0.4, 0.5) is 0 Å². The molecule has 2 atom stereocenters. The number of hydrogen-bond acceptors (Lipinski definition) is 7. The lowest BCUT2D eigenvalue weighted by Crippen LogP contribution is -2.37. The molecule has 8 heteroatoms. The van der Waals surface area contributed by atoms with Crippen molar-refractivity contribution in [1.29, 1.82) is 0 Å². The highest BCUT2D eigenvalue weighted by Crippen LogP contribution is 2.31. The van der Waals surface area contributed by atoms with E-state index < -0.39 is 6.10 Å². The van der Waals surface area contributed by atoms with Crippen LogP contribution in [0.15, 0.2) is 41.2 Å². The molecule has 3 rings (SSSR count). The molecule has 0 fully saturated rings. The molecule has 0 saturated carbocycles. The molecule has 35 heavy (non-hydrogen) atoms. The molecule has 0 saturated heterocycles. The van der Waals surface area contributed by atoms with Crippen molar-refractivity contribution in [3.63, 3.8) is 0 Å². The molecular weight excluding hydrogens is 462 g/mol. The quantitative estimate of drug-likeness (QED) is 0.197. The molecule has 192 valence electrons. The van der Waals surface area contributed by atoms with Gasteiger partial charge < -0.3 is 25.3 Å². The predicted molar refractivity (Wildman–Crippen MR) is 143 cm³/mol. The number of ether oxygens (including phenoxy) is 1. The van der Waals surface area contributed by atoms with Crippen molar-refractivity contribution in [2.45, 2.75) is 52.4 Å².